The predicted octanol–water partition coefficient (Wildman–Crippen LogP) is 0.236. The molecule has 1 atom stereocenters. The minimum Gasteiger partial charge on any atom is -0.399 e. The quantitative estimate of drug-likeness (QED) is 0.661. The Bertz CT molecular complexity index is 449. The van der Waals surface area contributed by atoms with Gasteiger partial charge in [0.25, 0.3) is 0 Å². The molecular weight excluding hydrogens is 228 g/mol. The maximum atomic E-state index is 11.8. The number of benzene rings is 1. The summed E-state index contributed by atoms with van der Waals surface area (Å²) in [5.41, 5.74) is 6.75. The van der Waals surface area contributed by atoms with Gasteiger partial charge in [0.05, 0.1) is 11.0 Å². The van der Waals surface area contributed by atoms with Crippen LogP contribution < -0.4 is 10.5 Å². The van der Waals surface area contributed by atoms with Crippen molar-refractivity contribution in [2.75, 3.05) is 12.3 Å². The highest BCUT2D eigenvalue weighted by Crippen LogP contribution is 2.15. The zero-order chi connectivity index (χ0) is 12.3. The average molecular weight is 244 g/mol. The topological polar surface area (TPSA) is 92.4 Å². The largest absolute Gasteiger partial charge is 0.399 e. The van der Waals surface area contributed by atoms with E-state index in [0.29, 0.717) is 5.69 Å². The van der Waals surface area contributed by atoms with Crippen molar-refractivity contribution < 1.29 is 13.5 Å². The van der Waals surface area contributed by atoms with E-state index in [2.05, 4.69) is 4.72 Å². The van der Waals surface area contributed by atoms with Crippen LogP contribution in [0.15, 0.2) is 23.1 Å². The SMILES string of the molecule is Cc1cc(N)cc(S(=O)(=O)NC[C@@H](C)O)c1. The first kappa shape index (κ1) is 13.0. The van der Waals surface area contributed by atoms with E-state index in [0.717, 1.165) is 5.56 Å². The number of aliphatic hydroxyl groups is 1. The zero-order valence-electron chi connectivity index (χ0n) is 9.27. The van der Waals surface area contributed by atoms with E-state index in [1.807, 2.05) is 0 Å². The molecule has 0 radical (unpaired) electrons. The number of sulfonamides is 1. The number of nitrogens with two attached hydrogens (primary N) is 1. The van der Waals surface area contributed by atoms with Crippen molar-refractivity contribution in [1.82, 2.24) is 4.72 Å². The van der Waals surface area contributed by atoms with E-state index in [4.69, 9.17) is 10.8 Å². The Balaban J connectivity index is 2.98. The molecule has 5 nitrogen and oxygen atoms in total. The van der Waals surface area contributed by atoms with Crippen molar-refractivity contribution in [3.63, 3.8) is 0 Å². The summed E-state index contributed by atoms with van der Waals surface area (Å²) in [4.78, 5) is 0.116. The number of aliphatic hydroxyl groups excluding tert-OH is 1. The molecule has 0 aliphatic rings. The third kappa shape index (κ3) is 3.48. The highest BCUT2D eigenvalue weighted by Gasteiger charge is 2.15. The summed E-state index contributed by atoms with van der Waals surface area (Å²) in [7, 11) is -3.59. The Kier molecular flexibility index (Phi) is 3.90. The number of hydrogen-bond donors (Lipinski definition) is 3. The third-order valence-electron chi connectivity index (χ3n) is 1.95. The lowest BCUT2D eigenvalue weighted by molar-refractivity contribution is 0.198. The number of nitrogen functional groups attached to an aromatic ring is 1. The molecule has 1 aromatic carbocycles. The van der Waals surface area contributed by atoms with Crippen molar-refractivity contribution in [1.29, 1.82) is 0 Å². The molecule has 0 aliphatic heterocycles. The van der Waals surface area contributed by atoms with Crippen LogP contribution >= 0.6 is 0 Å². The molecule has 1 aromatic rings. The summed E-state index contributed by atoms with van der Waals surface area (Å²) < 4.78 is 25.8. The van der Waals surface area contributed by atoms with Crippen LogP contribution in [-0.4, -0.2) is 26.2 Å². The first-order chi connectivity index (χ1) is 7.31. The lowest BCUT2D eigenvalue weighted by atomic mass is 10.2. The second-order valence-corrected chi connectivity index (χ2v) is 5.55. The van der Waals surface area contributed by atoms with E-state index in [-0.39, 0.29) is 11.4 Å². The van der Waals surface area contributed by atoms with Gasteiger partial charge in [0.1, 0.15) is 0 Å². The van der Waals surface area contributed by atoms with Crippen molar-refractivity contribution in [3.8, 4) is 0 Å². The number of hydrogen-bond acceptors (Lipinski definition) is 4. The molecule has 0 aromatic heterocycles. The van der Waals surface area contributed by atoms with Crippen molar-refractivity contribution >= 4 is 15.7 Å². The molecule has 0 saturated heterocycles. The fourth-order valence-corrected chi connectivity index (χ4v) is 2.50. The third-order valence-corrected chi connectivity index (χ3v) is 3.36. The Morgan fingerprint density at radius 2 is 2.06 bits per heavy atom. The van der Waals surface area contributed by atoms with Gasteiger partial charge >= 0.3 is 0 Å². The molecule has 0 heterocycles. The van der Waals surface area contributed by atoms with Gasteiger partial charge in [-0.05, 0) is 37.6 Å². The molecular formula is C10H16N2O3S. The lowest BCUT2D eigenvalue weighted by Crippen LogP contribution is -2.30. The molecule has 16 heavy (non-hydrogen) atoms. The van der Waals surface area contributed by atoms with Crippen LogP contribution in [0, 0.1) is 6.92 Å². The molecule has 0 amide bonds. The molecule has 0 saturated carbocycles. The lowest BCUT2D eigenvalue weighted by Gasteiger charge is -2.09. The average Bonchev–Trinajstić information content (AvgIpc) is 2.13. The molecule has 90 valence electrons. The van der Waals surface area contributed by atoms with Crippen molar-refractivity contribution in [3.05, 3.63) is 23.8 Å². The van der Waals surface area contributed by atoms with Crippen LogP contribution in [0.4, 0.5) is 5.69 Å². The van der Waals surface area contributed by atoms with Crippen LogP contribution in [0.25, 0.3) is 0 Å². The Morgan fingerprint density at radius 1 is 1.44 bits per heavy atom. The van der Waals surface area contributed by atoms with Gasteiger partial charge in [0, 0.05) is 12.2 Å². The van der Waals surface area contributed by atoms with Crippen LogP contribution in [0.3, 0.4) is 0 Å². The molecule has 0 bridgehead atoms. The maximum Gasteiger partial charge on any atom is 0.240 e. The monoisotopic (exact) mass is 244 g/mol. The van der Waals surface area contributed by atoms with E-state index >= 15 is 0 Å². The van der Waals surface area contributed by atoms with Gasteiger partial charge < -0.3 is 10.8 Å². The molecule has 6 heteroatoms. The van der Waals surface area contributed by atoms with Gasteiger partial charge in [-0.15, -0.1) is 0 Å². The minimum absolute atomic E-state index is 0.0177. The molecule has 0 spiro atoms. The maximum absolute atomic E-state index is 11.8. The van der Waals surface area contributed by atoms with Gasteiger partial charge in [-0.25, -0.2) is 13.1 Å². The zero-order valence-corrected chi connectivity index (χ0v) is 10.1. The standard InChI is InChI=1S/C10H16N2O3S/c1-7-3-9(11)5-10(4-7)16(14,15)12-6-8(2)13/h3-5,8,12-13H,6,11H2,1-2H3/t8-/m1/s1. The molecule has 4 N–H and O–H groups in total. The van der Waals surface area contributed by atoms with Gasteiger partial charge in [-0.1, -0.05) is 0 Å². The van der Waals surface area contributed by atoms with E-state index in [1.54, 1.807) is 13.0 Å². The van der Waals surface area contributed by atoms with Crippen molar-refractivity contribution in [2.24, 2.45) is 0 Å². The second kappa shape index (κ2) is 4.82. The number of rotatable bonds is 4. The summed E-state index contributed by atoms with van der Waals surface area (Å²) in [6.45, 7) is 3.26. The fourth-order valence-electron chi connectivity index (χ4n) is 1.25. The summed E-state index contributed by atoms with van der Waals surface area (Å²) in [6.07, 6.45) is -0.725. The second-order valence-electron chi connectivity index (χ2n) is 3.78. The number of anilines is 1. The Morgan fingerprint density at radius 3 is 2.56 bits per heavy atom. The number of aryl methyl sites for hydroxylation is 1. The van der Waals surface area contributed by atoms with Gasteiger partial charge in [0.15, 0.2) is 0 Å². The van der Waals surface area contributed by atoms with Crippen molar-refractivity contribution in [2.45, 2.75) is 24.8 Å². The summed E-state index contributed by atoms with van der Waals surface area (Å²) >= 11 is 0. The van der Waals surface area contributed by atoms with Gasteiger partial charge in [0.2, 0.25) is 10.0 Å². The van der Waals surface area contributed by atoms with Crippen LogP contribution in [0.5, 0.6) is 0 Å². The Labute approximate surface area is 95.3 Å². The molecule has 0 unspecified atom stereocenters. The molecule has 0 aliphatic carbocycles. The minimum atomic E-state index is -3.59. The first-order valence-electron chi connectivity index (χ1n) is 4.86. The molecule has 1 rings (SSSR count). The van der Waals surface area contributed by atoms with Gasteiger partial charge in [-0.2, -0.15) is 0 Å². The van der Waals surface area contributed by atoms with Crippen LogP contribution in [-0.2, 0) is 10.0 Å². The summed E-state index contributed by atoms with van der Waals surface area (Å²) in [5, 5.41) is 9.02. The predicted molar refractivity (Wildman–Crippen MR) is 62.5 cm³/mol. The Hall–Kier alpha value is -1.11. The summed E-state index contributed by atoms with van der Waals surface area (Å²) in [5.74, 6) is 0. The normalized spacial score (nSPS) is 13.7. The van der Waals surface area contributed by atoms with E-state index in [1.165, 1.54) is 19.1 Å². The fraction of sp³-hybridized carbons (Fsp3) is 0.400. The highest BCUT2D eigenvalue weighted by atomic mass is 32.2. The highest BCUT2D eigenvalue weighted by molar-refractivity contribution is 7.89. The molecule has 0 fully saturated rings. The smallest absolute Gasteiger partial charge is 0.240 e. The van der Waals surface area contributed by atoms with Gasteiger partial charge in [-0.3, -0.25) is 0 Å². The number of nitrogens with one attached hydrogen (secondary N) is 1. The van der Waals surface area contributed by atoms with Crippen LogP contribution in [0.1, 0.15) is 12.5 Å². The van der Waals surface area contributed by atoms with E-state index < -0.39 is 16.1 Å². The van der Waals surface area contributed by atoms with Crippen LogP contribution in [0.2, 0.25) is 0 Å². The van der Waals surface area contributed by atoms with E-state index in [9.17, 15) is 8.42 Å². The first-order valence-corrected chi connectivity index (χ1v) is 6.34. The summed E-state index contributed by atoms with van der Waals surface area (Å²) in [6, 6.07) is 4.60.